The molecule has 5 heteroatoms. The summed E-state index contributed by atoms with van der Waals surface area (Å²) in [4.78, 5) is 10.5. The van der Waals surface area contributed by atoms with Crippen LogP contribution in [0.25, 0.3) is 0 Å². The van der Waals surface area contributed by atoms with E-state index >= 15 is 0 Å². The van der Waals surface area contributed by atoms with E-state index < -0.39 is 11.8 Å². The highest BCUT2D eigenvalue weighted by Crippen LogP contribution is 2.23. The van der Waals surface area contributed by atoms with Crippen molar-refractivity contribution in [1.29, 1.82) is 0 Å². The van der Waals surface area contributed by atoms with Crippen LogP contribution in [0.2, 0.25) is 0 Å². The van der Waals surface area contributed by atoms with Crippen LogP contribution in [0.3, 0.4) is 0 Å². The molecule has 1 aromatic rings. The molecule has 0 bridgehead atoms. The van der Waals surface area contributed by atoms with Crippen LogP contribution < -0.4 is 4.74 Å². The van der Waals surface area contributed by atoms with Gasteiger partial charge in [0.2, 0.25) is 0 Å². The van der Waals surface area contributed by atoms with Crippen molar-refractivity contribution in [3.8, 4) is 5.75 Å². The maximum absolute atomic E-state index is 10.5. The van der Waals surface area contributed by atoms with Gasteiger partial charge < -0.3 is 19.3 Å². The number of benzene rings is 1. The highest BCUT2D eigenvalue weighted by molar-refractivity contribution is 5.67. The average Bonchev–Trinajstić information content (AvgIpc) is 2.75. The molecule has 0 saturated carbocycles. The van der Waals surface area contributed by atoms with E-state index in [1.165, 1.54) is 0 Å². The first-order valence-corrected chi connectivity index (χ1v) is 6.70. The summed E-state index contributed by atoms with van der Waals surface area (Å²) in [5.74, 6) is -0.571. The molecular formula is C15H20O5. The standard InChI is InChI=1S/C15H20O5/c1-15(2)19-10-13(20-15)9-18-12-6-3-11(4-7-12)5-8-14(16)17/h3-4,6-7,13H,5,8-10H2,1-2H3,(H,16,17)/t13-/m0/s1. The lowest BCUT2D eigenvalue weighted by molar-refractivity contribution is -0.141. The summed E-state index contributed by atoms with van der Waals surface area (Å²) < 4.78 is 16.7. The fourth-order valence-corrected chi connectivity index (χ4v) is 2.04. The van der Waals surface area contributed by atoms with Crippen molar-refractivity contribution in [2.45, 2.75) is 38.6 Å². The van der Waals surface area contributed by atoms with Crippen molar-refractivity contribution in [3.63, 3.8) is 0 Å². The number of ether oxygens (including phenoxy) is 3. The number of rotatable bonds is 6. The first kappa shape index (κ1) is 14.8. The Balaban J connectivity index is 1.78. The van der Waals surface area contributed by atoms with E-state index in [2.05, 4.69) is 0 Å². The van der Waals surface area contributed by atoms with Gasteiger partial charge in [-0.1, -0.05) is 12.1 Å². The third-order valence-electron chi connectivity index (χ3n) is 3.05. The minimum Gasteiger partial charge on any atom is -0.491 e. The Morgan fingerprint density at radius 1 is 1.40 bits per heavy atom. The second-order valence-electron chi connectivity index (χ2n) is 5.30. The van der Waals surface area contributed by atoms with E-state index in [0.717, 1.165) is 11.3 Å². The van der Waals surface area contributed by atoms with E-state index in [9.17, 15) is 4.79 Å². The molecule has 0 unspecified atom stereocenters. The van der Waals surface area contributed by atoms with E-state index in [1.54, 1.807) is 0 Å². The van der Waals surface area contributed by atoms with Crippen LogP contribution in [-0.4, -0.2) is 36.2 Å². The molecule has 0 radical (unpaired) electrons. The summed E-state index contributed by atoms with van der Waals surface area (Å²) in [6, 6.07) is 7.46. The Labute approximate surface area is 118 Å². The van der Waals surface area contributed by atoms with Gasteiger partial charge in [-0.05, 0) is 38.0 Å². The second-order valence-corrected chi connectivity index (χ2v) is 5.30. The highest BCUT2D eigenvalue weighted by Gasteiger charge is 2.32. The van der Waals surface area contributed by atoms with Crippen LogP contribution in [0, 0.1) is 0 Å². The van der Waals surface area contributed by atoms with E-state index in [0.29, 0.717) is 19.6 Å². The van der Waals surface area contributed by atoms with Crippen molar-refractivity contribution < 1.29 is 24.1 Å². The number of hydrogen-bond acceptors (Lipinski definition) is 4. The molecule has 1 saturated heterocycles. The number of carboxylic acid groups (broad SMARTS) is 1. The molecule has 20 heavy (non-hydrogen) atoms. The number of carbonyl (C=O) groups is 1. The lowest BCUT2D eigenvalue weighted by Crippen LogP contribution is -2.25. The maximum atomic E-state index is 10.5. The Morgan fingerprint density at radius 2 is 2.10 bits per heavy atom. The van der Waals surface area contributed by atoms with Gasteiger partial charge in [0.1, 0.15) is 18.5 Å². The largest absolute Gasteiger partial charge is 0.491 e. The van der Waals surface area contributed by atoms with Crippen molar-refractivity contribution >= 4 is 5.97 Å². The lowest BCUT2D eigenvalue weighted by atomic mass is 10.1. The van der Waals surface area contributed by atoms with Gasteiger partial charge in [0.15, 0.2) is 5.79 Å². The van der Waals surface area contributed by atoms with Crippen molar-refractivity contribution in [3.05, 3.63) is 29.8 Å². The van der Waals surface area contributed by atoms with E-state index in [-0.39, 0.29) is 12.5 Å². The molecule has 1 aliphatic rings. The third kappa shape index (κ3) is 4.51. The zero-order valence-corrected chi connectivity index (χ0v) is 11.8. The minimum atomic E-state index is -0.786. The SMILES string of the molecule is CC1(C)OC[C@H](COc2ccc(CCC(=O)O)cc2)O1. The third-order valence-corrected chi connectivity index (χ3v) is 3.05. The predicted octanol–water partition coefficient (Wildman–Crippen LogP) is 2.23. The molecule has 1 heterocycles. The second kappa shape index (κ2) is 6.24. The van der Waals surface area contributed by atoms with Crippen LogP contribution in [0.4, 0.5) is 0 Å². The van der Waals surface area contributed by atoms with Crippen molar-refractivity contribution in [2.24, 2.45) is 0 Å². The molecular weight excluding hydrogens is 260 g/mol. The fourth-order valence-electron chi connectivity index (χ4n) is 2.04. The normalized spacial score (nSPS) is 20.8. The first-order valence-electron chi connectivity index (χ1n) is 6.70. The first-order chi connectivity index (χ1) is 9.44. The zero-order valence-electron chi connectivity index (χ0n) is 11.8. The van der Waals surface area contributed by atoms with Crippen molar-refractivity contribution in [1.82, 2.24) is 0 Å². The van der Waals surface area contributed by atoms with Gasteiger partial charge in [-0.15, -0.1) is 0 Å². The Kier molecular flexibility index (Phi) is 4.62. The predicted molar refractivity (Wildman–Crippen MR) is 72.8 cm³/mol. The number of hydrogen-bond donors (Lipinski definition) is 1. The molecule has 1 aliphatic heterocycles. The molecule has 0 amide bonds. The number of carboxylic acids is 1. The van der Waals surface area contributed by atoms with E-state index in [1.807, 2.05) is 38.1 Å². The molecule has 1 atom stereocenters. The van der Waals surface area contributed by atoms with Crippen LogP contribution in [-0.2, 0) is 20.7 Å². The molecule has 0 aliphatic carbocycles. The molecule has 5 nitrogen and oxygen atoms in total. The molecule has 1 fully saturated rings. The topological polar surface area (TPSA) is 65.0 Å². The quantitative estimate of drug-likeness (QED) is 0.865. The number of aliphatic carboxylic acids is 1. The molecule has 1 aromatic carbocycles. The maximum Gasteiger partial charge on any atom is 0.303 e. The van der Waals surface area contributed by atoms with Gasteiger partial charge in [0, 0.05) is 6.42 Å². The zero-order chi connectivity index (χ0) is 14.6. The monoisotopic (exact) mass is 280 g/mol. The summed E-state index contributed by atoms with van der Waals surface area (Å²) in [6.45, 7) is 4.73. The van der Waals surface area contributed by atoms with Gasteiger partial charge in [0.25, 0.3) is 0 Å². The van der Waals surface area contributed by atoms with Crippen LogP contribution in [0.1, 0.15) is 25.8 Å². The smallest absolute Gasteiger partial charge is 0.303 e. The highest BCUT2D eigenvalue weighted by atomic mass is 16.7. The Morgan fingerprint density at radius 3 is 2.65 bits per heavy atom. The van der Waals surface area contributed by atoms with Crippen LogP contribution in [0.5, 0.6) is 5.75 Å². The summed E-state index contributed by atoms with van der Waals surface area (Å²) >= 11 is 0. The van der Waals surface area contributed by atoms with Gasteiger partial charge >= 0.3 is 5.97 Å². The Hall–Kier alpha value is -1.59. The Bertz CT molecular complexity index is 452. The van der Waals surface area contributed by atoms with Crippen LogP contribution in [0.15, 0.2) is 24.3 Å². The van der Waals surface area contributed by atoms with Gasteiger partial charge in [-0.2, -0.15) is 0 Å². The fraction of sp³-hybridized carbons (Fsp3) is 0.533. The van der Waals surface area contributed by atoms with Crippen molar-refractivity contribution in [2.75, 3.05) is 13.2 Å². The van der Waals surface area contributed by atoms with Gasteiger partial charge in [0.05, 0.1) is 6.61 Å². The summed E-state index contributed by atoms with van der Waals surface area (Å²) in [5, 5.41) is 8.63. The summed E-state index contributed by atoms with van der Waals surface area (Å²) in [5.41, 5.74) is 0.987. The number of aryl methyl sites for hydroxylation is 1. The van der Waals surface area contributed by atoms with E-state index in [4.69, 9.17) is 19.3 Å². The molecule has 0 aromatic heterocycles. The lowest BCUT2D eigenvalue weighted by Gasteiger charge is -2.17. The molecule has 0 spiro atoms. The molecule has 1 N–H and O–H groups in total. The molecule has 2 rings (SSSR count). The minimum absolute atomic E-state index is 0.0586. The summed E-state index contributed by atoms with van der Waals surface area (Å²) in [7, 11) is 0. The van der Waals surface area contributed by atoms with Gasteiger partial charge in [-0.25, -0.2) is 0 Å². The summed E-state index contributed by atoms with van der Waals surface area (Å²) in [6.07, 6.45) is 0.614. The molecule has 110 valence electrons. The van der Waals surface area contributed by atoms with Gasteiger partial charge in [-0.3, -0.25) is 4.79 Å². The van der Waals surface area contributed by atoms with Crippen LogP contribution >= 0.6 is 0 Å². The average molecular weight is 280 g/mol.